The maximum Gasteiger partial charge on any atom is 0.0745 e. The zero-order valence-electron chi connectivity index (χ0n) is 30.1. The van der Waals surface area contributed by atoms with E-state index in [1.807, 2.05) is 16.7 Å². The molecule has 12 aliphatic carbocycles. The minimum atomic E-state index is 0.0566. The fraction of sp³-hybridized carbons (Fsp3) is 0.907. The second-order valence-corrected chi connectivity index (χ2v) is 21.8. The van der Waals surface area contributed by atoms with Gasteiger partial charge in [0.25, 0.3) is 0 Å². The quantitative estimate of drug-likeness (QED) is 0.298. The smallest absolute Gasteiger partial charge is 0.0745 e. The summed E-state index contributed by atoms with van der Waals surface area (Å²) in [7, 11) is 7.03. The van der Waals surface area contributed by atoms with Crippen molar-refractivity contribution in [1.29, 1.82) is 0 Å². The molecule has 5 spiro atoms. The molecule has 254 valence electrons. The van der Waals surface area contributed by atoms with Gasteiger partial charge in [-0.1, -0.05) is 31.9 Å². The lowest BCUT2D eigenvalue weighted by Gasteiger charge is -2.70. The van der Waals surface area contributed by atoms with E-state index >= 15 is 0 Å². The van der Waals surface area contributed by atoms with Gasteiger partial charge in [0, 0.05) is 60.9 Å². The fourth-order valence-electron chi connectivity index (χ4n) is 20.4. The first-order valence-electron chi connectivity index (χ1n) is 20.6. The second kappa shape index (κ2) is 7.88. The summed E-state index contributed by atoms with van der Waals surface area (Å²) in [5.74, 6) is 5.76. The van der Waals surface area contributed by atoms with E-state index in [4.69, 9.17) is 9.47 Å². The van der Waals surface area contributed by atoms with E-state index in [1.54, 1.807) is 0 Å². The van der Waals surface area contributed by atoms with Crippen molar-refractivity contribution >= 4 is 0 Å². The highest BCUT2D eigenvalue weighted by Gasteiger charge is 2.87. The molecule has 4 nitrogen and oxygen atoms in total. The zero-order chi connectivity index (χ0) is 31.3. The lowest BCUT2D eigenvalue weighted by atomic mass is 9.38. The minimum Gasteiger partial charge on any atom is -0.381 e. The second-order valence-electron chi connectivity index (χ2n) is 21.8. The summed E-state index contributed by atoms with van der Waals surface area (Å²) < 4.78 is 15.2. The van der Waals surface area contributed by atoms with E-state index in [1.165, 1.54) is 110 Å². The molecule has 0 aromatic heterocycles. The van der Waals surface area contributed by atoms with Crippen molar-refractivity contribution in [2.75, 3.05) is 40.8 Å². The Morgan fingerprint density at radius 1 is 0.936 bits per heavy atom. The molecule has 0 aromatic carbocycles. The van der Waals surface area contributed by atoms with Gasteiger partial charge in [-0.05, 0) is 155 Å². The van der Waals surface area contributed by atoms with Crippen LogP contribution in [0.2, 0.25) is 0 Å². The number of likely N-dealkylation sites (tertiary alicyclic amines) is 2. The van der Waals surface area contributed by atoms with Gasteiger partial charge in [-0.25, -0.2) is 0 Å². The zero-order valence-corrected chi connectivity index (χ0v) is 30.1. The van der Waals surface area contributed by atoms with Gasteiger partial charge in [0.2, 0.25) is 0 Å². The lowest BCUT2D eigenvalue weighted by Crippen LogP contribution is -2.70. The summed E-state index contributed by atoms with van der Waals surface area (Å²) in [5, 5.41) is 0. The molecule has 8 saturated carbocycles. The Morgan fingerprint density at radius 2 is 1.83 bits per heavy atom. The molecule has 0 N–H and O–H groups in total. The van der Waals surface area contributed by atoms with Crippen molar-refractivity contribution < 1.29 is 9.47 Å². The van der Waals surface area contributed by atoms with Crippen LogP contribution in [-0.2, 0) is 9.47 Å². The van der Waals surface area contributed by atoms with Crippen LogP contribution in [0.3, 0.4) is 0 Å². The van der Waals surface area contributed by atoms with E-state index in [2.05, 4.69) is 50.9 Å². The maximum absolute atomic E-state index is 8.26. The van der Waals surface area contributed by atoms with E-state index in [0.29, 0.717) is 50.6 Å². The molecule has 3 aliphatic heterocycles. The molecule has 15 aliphatic rings. The van der Waals surface area contributed by atoms with E-state index in [-0.39, 0.29) is 5.60 Å². The van der Waals surface area contributed by atoms with Gasteiger partial charge in [-0.3, -0.25) is 0 Å². The van der Waals surface area contributed by atoms with Crippen molar-refractivity contribution in [2.45, 2.75) is 128 Å². The Kier molecular flexibility index (Phi) is 4.69. The third-order valence-corrected chi connectivity index (χ3v) is 20.6. The number of hydrogen-bond acceptors (Lipinski definition) is 4. The molecule has 0 aromatic rings. The van der Waals surface area contributed by atoms with Crippen LogP contribution in [0.5, 0.6) is 0 Å². The molecule has 4 heteroatoms. The van der Waals surface area contributed by atoms with Crippen LogP contribution in [0.25, 0.3) is 0 Å². The van der Waals surface area contributed by atoms with Crippen LogP contribution >= 0.6 is 0 Å². The Bertz CT molecular complexity index is 1600. The average molecular weight is 637 g/mol. The largest absolute Gasteiger partial charge is 0.381 e. The Hall–Kier alpha value is -0.680. The third-order valence-electron chi connectivity index (χ3n) is 20.6. The monoisotopic (exact) mass is 636 g/mol. The Labute approximate surface area is 283 Å². The predicted octanol–water partition coefficient (Wildman–Crippen LogP) is 7.49. The van der Waals surface area contributed by atoms with Crippen molar-refractivity contribution in [3.05, 3.63) is 22.8 Å². The van der Waals surface area contributed by atoms with Crippen LogP contribution < -0.4 is 0 Å². The fourth-order valence-corrected chi connectivity index (χ4v) is 20.4. The first kappa shape index (κ1) is 28.0. The summed E-state index contributed by atoms with van der Waals surface area (Å²) in [6.45, 7) is 9.23. The number of methoxy groups -OCH3 is 1. The van der Waals surface area contributed by atoms with Crippen LogP contribution in [-0.4, -0.2) is 74.5 Å². The number of fused-ring (bicyclic) bond motifs is 3. The number of ether oxygens (including phenoxy) is 2. The average Bonchev–Trinajstić information content (AvgIpc) is 3.55. The molecule has 47 heavy (non-hydrogen) atoms. The van der Waals surface area contributed by atoms with E-state index in [9.17, 15) is 0 Å². The third kappa shape index (κ3) is 2.64. The molecular weight excluding hydrogens is 576 g/mol. The lowest BCUT2D eigenvalue weighted by molar-refractivity contribution is -0.308. The highest BCUT2D eigenvalue weighted by atomic mass is 16.5. The normalized spacial score (nSPS) is 66.3. The number of allylic oxidation sites excluding steroid dienone is 2. The Balaban J connectivity index is 0.914. The van der Waals surface area contributed by atoms with Crippen molar-refractivity contribution in [3.8, 4) is 0 Å². The summed E-state index contributed by atoms with van der Waals surface area (Å²) in [5.41, 5.74) is 8.36. The number of nitrogens with zero attached hydrogens (tertiary/aromatic N) is 2. The number of hydrogen-bond donors (Lipinski definition) is 0. The van der Waals surface area contributed by atoms with Crippen LogP contribution in [0.15, 0.2) is 22.8 Å². The Morgan fingerprint density at radius 3 is 2.70 bits per heavy atom. The summed E-state index contributed by atoms with van der Waals surface area (Å²) in [6.07, 6.45) is 23.7. The van der Waals surface area contributed by atoms with Crippen molar-refractivity contribution in [1.82, 2.24) is 9.80 Å². The molecule has 15 rings (SSSR count). The van der Waals surface area contributed by atoms with Crippen molar-refractivity contribution in [2.24, 2.45) is 73.9 Å². The highest BCUT2D eigenvalue weighted by molar-refractivity contribution is 5.56. The molecule has 0 radical (unpaired) electrons. The van der Waals surface area contributed by atoms with E-state index in [0.717, 1.165) is 41.5 Å². The summed E-state index contributed by atoms with van der Waals surface area (Å²) >= 11 is 0. The van der Waals surface area contributed by atoms with Gasteiger partial charge in [0.05, 0.1) is 17.8 Å². The number of piperidine rings is 2. The first-order valence-corrected chi connectivity index (χ1v) is 20.6. The SMILES string of the molecule is CO[C@H]1[C@H]2[C@@H]3N(C)C[C@]4(C)CCC[C@]35[C@@H]3C[C@H]1[C@]1(CC[C@@]67[C@H]8C=C9C%10=C(CC[C@]9(C[C@@H]86)[C@@H]7O1)[C@@]1(C)C[C@@H](C%10)CN(C)C1)C[C@]23CC[C@@H]45. The molecule has 3 saturated heterocycles. The van der Waals surface area contributed by atoms with Gasteiger partial charge in [-0.15, -0.1) is 0 Å². The predicted molar refractivity (Wildman–Crippen MR) is 182 cm³/mol. The van der Waals surface area contributed by atoms with Gasteiger partial charge in [0.15, 0.2) is 0 Å². The maximum atomic E-state index is 8.26. The van der Waals surface area contributed by atoms with Gasteiger partial charge in [0.1, 0.15) is 0 Å². The topological polar surface area (TPSA) is 24.9 Å². The standard InChI is InChI=1S/C43H60N2O2/c1-37-9-6-10-43-31(37)8-12-40-21-41(29(17-32(40)43)34(46-5)33(40)35(43)45(4)23-37)13-14-42-28-16-27-25-15-24-18-38(2,22-44(3)20-24)26(25)7-11-39(27,19-30(28)42)36(42)47-41/h16,24,28-36H,6-15,17-23H2,1-5H3/t24-,28+,29-,30+,31+,32-,33+,34-,35+,36+,37+,38+,39-,40+,41+,42-,43+/m1/s1. The van der Waals surface area contributed by atoms with Crippen LogP contribution in [0.4, 0.5) is 0 Å². The highest BCUT2D eigenvalue weighted by Crippen LogP contribution is 2.88. The summed E-state index contributed by atoms with van der Waals surface area (Å²) in [4.78, 5) is 5.58. The van der Waals surface area contributed by atoms with Crippen LogP contribution in [0, 0.1) is 73.9 Å². The summed E-state index contributed by atoms with van der Waals surface area (Å²) in [6, 6.07) is 0.744. The van der Waals surface area contributed by atoms with Gasteiger partial charge >= 0.3 is 0 Å². The van der Waals surface area contributed by atoms with Crippen LogP contribution in [0.1, 0.15) is 104 Å². The van der Waals surface area contributed by atoms with E-state index < -0.39 is 0 Å². The van der Waals surface area contributed by atoms with Gasteiger partial charge < -0.3 is 19.3 Å². The molecule has 3 heterocycles. The minimum absolute atomic E-state index is 0.0566. The molecule has 0 unspecified atom stereocenters. The number of rotatable bonds is 1. The molecule has 12 bridgehead atoms. The van der Waals surface area contributed by atoms with Crippen molar-refractivity contribution in [3.63, 3.8) is 0 Å². The molecule has 17 atom stereocenters. The van der Waals surface area contributed by atoms with Gasteiger partial charge in [-0.2, -0.15) is 0 Å². The molecule has 0 amide bonds. The molecular formula is C43H60N2O2. The first-order chi connectivity index (χ1) is 22.6. The molecule has 11 fully saturated rings.